The molecule has 1 aromatic rings. The Morgan fingerprint density at radius 1 is 1.15 bits per heavy atom. The highest BCUT2D eigenvalue weighted by atomic mass is 32.1. The number of nitrogens with one attached hydrogen (secondary N) is 1. The quantitative estimate of drug-likeness (QED) is 0.778. The zero-order valence-electron chi connectivity index (χ0n) is 17.0. The first-order valence-electron chi connectivity index (χ1n) is 10.2. The van der Waals surface area contributed by atoms with Gasteiger partial charge in [0.05, 0.1) is 13.2 Å². The van der Waals surface area contributed by atoms with Crippen molar-refractivity contribution >= 4 is 23.0 Å². The van der Waals surface area contributed by atoms with Gasteiger partial charge in [0, 0.05) is 51.0 Å². The average molecular weight is 391 g/mol. The lowest BCUT2D eigenvalue weighted by Gasteiger charge is -2.38. The summed E-state index contributed by atoms with van der Waals surface area (Å²) in [5.74, 6) is 0. The summed E-state index contributed by atoms with van der Waals surface area (Å²) in [6, 6.07) is 7.09. The molecule has 2 saturated heterocycles. The predicted octanol–water partition coefficient (Wildman–Crippen LogP) is 2.73. The molecule has 2 fully saturated rings. The van der Waals surface area contributed by atoms with Gasteiger partial charge in [-0.3, -0.25) is 4.90 Å². The van der Waals surface area contributed by atoms with Gasteiger partial charge in [-0.25, -0.2) is 0 Å². The Morgan fingerprint density at radius 2 is 1.85 bits per heavy atom. The van der Waals surface area contributed by atoms with E-state index in [1.165, 1.54) is 24.0 Å². The summed E-state index contributed by atoms with van der Waals surface area (Å²) < 4.78 is 5.43. The molecule has 6 heteroatoms. The molecule has 1 N–H and O–H groups in total. The van der Waals surface area contributed by atoms with Gasteiger partial charge >= 0.3 is 0 Å². The molecule has 5 nitrogen and oxygen atoms in total. The van der Waals surface area contributed by atoms with Crippen molar-refractivity contribution in [2.24, 2.45) is 0 Å². The molecular formula is C21H34N4OS. The Kier molecular flexibility index (Phi) is 7.47. The molecule has 3 rings (SSSR count). The number of piperidine rings is 1. The molecule has 1 aromatic carbocycles. The number of thiocarbonyl (C=S) groups is 1. The highest BCUT2D eigenvalue weighted by molar-refractivity contribution is 7.80. The summed E-state index contributed by atoms with van der Waals surface area (Å²) in [6.45, 7) is 12.5. The highest BCUT2D eigenvalue weighted by Gasteiger charge is 2.24. The Morgan fingerprint density at radius 3 is 2.52 bits per heavy atom. The van der Waals surface area contributed by atoms with Gasteiger partial charge in [-0.2, -0.15) is 0 Å². The number of morpholine rings is 1. The van der Waals surface area contributed by atoms with Crippen molar-refractivity contribution in [3.63, 3.8) is 0 Å². The normalized spacial score (nSPS) is 19.5. The third kappa shape index (κ3) is 5.88. The van der Waals surface area contributed by atoms with Crippen LogP contribution in [0.5, 0.6) is 0 Å². The van der Waals surface area contributed by atoms with E-state index < -0.39 is 0 Å². The zero-order chi connectivity index (χ0) is 19.2. The van der Waals surface area contributed by atoms with Gasteiger partial charge in [-0.15, -0.1) is 0 Å². The van der Waals surface area contributed by atoms with E-state index in [2.05, 4.69) is 59.1 Å². The number of anilines is 1. The van der Waals surface area contributed by atoms with E-state index in [1.54, 1.807) is 0 Å². The Bertz CT molecular complexity index is 625. The maximum absolute atomic E-state index is 5.66. The summed E-state index contributed by atoms with van der Waals surface area (Å²) in [7, 11) is 2.27. The van der Waals surface area contributed by atoms with Crippen molar-refractivity contribution in [1.82, 2.24) is 14.7 Å². The first kappa shape index (κ1) is 20.5. The zero-order valence-corrected chi connectivity index (χ0v) is 17.9. The lowest BCUT2D eigenvalue weighted by Crippen LogP contribution is -2.48. The maximum atomic E-state index is 5.66. The van der Waals surface area contributed by atoms with E-state index >= 15 is 0 Å². The lowest BCUT2D eigenvalue weighted by atomic mass is 10.0. The Labute approximate surface area is 169 Å². The lowest BCUT2D eigenvalue weighted by molar-refractivity contribution is 0.0311. The largest absolute Gasteiger partial charge is 0.379 e. The topological polar surface area (TPSA) is 31.0 Å². The second-order valence-electron chi connectivity index (χ2n) is 7.88. The molecular weight excluding hydrogens is 356 g/mol. The van der Waals surface area contributed by atoms with Crippen LogP contribution in [0.2, 0.25) is 0 Å². The van der Waals surface area contributed by atoms with Gasteiger partial charge in [-0.1, -0.05) is 6.07 Å². The molecule has 0 aliphatic carbocycles. The number of likely N-dealkylation sites (N-methyl/N-ethyl adjacent to an activating group) is 1. The van der Waals surface area contributed by atoms with Gasteiger partial charge in [0.25, 0.3) is 0 Å². The number of nitrogens with zero attached hydrogens (tertiary/aromatic N) is 3. The van der Waals surface area contributed by atoms with Gasteiger partial charge < -0.3 is 19.9 Å². The van der Waals surface area contributed by atoms with Crippen molar-refractivity contribution in [3.05, 3.63) is 29.3 Å². The van der Waals surface area contributed by atoms with E-state index in [4.69, 9.17) is 17.0 Å². The number of aryl methyl sites for hydroxylation is 2. The van der Waals surface area contributed by atoms with E-state index in [-0.39, 0.29) is 0 Å². The van der Waals surface area contributed by atoms with Gasteiger partial charge in [-0.05, 0) is 69.2 Å². The van der Waals surface area contributed by atoms with Crippen LogP contribution in [0.3, 0.4) is 0 Å². The minimum atomic E-state index is 0.659. The molecule has 150 valence electrons. The van der Waals surface area contributed by atoms with Crippen LogP contribution < -0.4 is 5.32 Å². The fourth-order valence-corrected chi connectivity index (χ4v) is 4.14. The monoisotopic (exact) mass is 390 g/mol. The number of rotatable bonds is 5. The molecule has 0 radical (unpaired) electrons. The molecule has 0 aromatic heterocycles. The number of benzene rings is 1. The van der Waals surface area contributed by atoms with Crippen LogP contribution in [0, 0.1) is 13.8 Å². The van der Waals surface area contributed by atoms with Crippen molar-refractivity contribution < 1.29 is 4.74 Å². The highest BCUT2D eigenvalue weighted by Crippen LogP contribution is 2.18. The third-order valence-electron chi connectivity index (χ3n) is 6.01. The standard InChI is InChI=1S/C21H34N4OS/c1-17-4-5-19(16-18(17)2)22-21(27)25-8-6-20(7-9-25)23(3)10-11-24-12-14-26-15-13-24/h4-5,16,20H,6-15H2,1-3H3,(H,22,27). The Hall–Kier alpha value is -1.21. The molecule has 0 bridgehead atoms. The summed E-state index contributed by atoms with van der Waals surface area (Å²) in [6.07, 6.45) is 2.35. The van der Waals surface area contributed by atoms with E-state index in [0.717, 1.165) is 63.3 Å². The summed E-state index contributed by atoms with van der Waals surface area (Å²) in [5.41, 5.74) is 3.70. The Balaban J connectivity index is 1.40. The molecule has 0 saturated carbocycles. The van der Waals surface area contributed by atoms with Crippen LogP contribution in [0.4, 0.5) is 5.69 Å². The molecule has 0 atom stereocenters. The second-order valence-corrected chi connectivity index (χ2v) is 8.27. The van der Waals surface area contributed by atoms with Gasteiger partial charge in [0.15, 0.2) is 5.11 Å². The number of likely N-dealkylation sites (tertiary alicyclic amines) is 1. The van der Waals surface area contributed by atoms with Crippen LogP contribution in [-0.2, 0) is 4.74 Å². The fourth-order valence-electron chi connectivity index (χ4n) is 3.84. The molecule has 0 spiro atoms. The molecule has 0 unspecified atom stereocenters. The van der Waals surface area contributed by atoms with Gasteiger partial charge in [0.1, 0.15) is 0 Å². The van der Waals surface area contributed by atoms with Crippen molar-refractivity contribution in [3.8, 4) is 0 Å². The minimum absolute atomic E-state index is 0.659. The van der Waals surface area contributed by atoms with Crippen molar-refractivity contribution in [2.45, 2.75) is 32.7 Å². The van der Waals surface area contributed by atoms with Gasteiger partial charge in [0.2, 0.25) is 0 Å². The van der Waals surface area contributed by atoms with E-state index in [1.807, 2.05) is 0 Å². The SMILES string of the molecule is Cc1ccc(NC(=S)N2CCC(N(C)CCN3CCOCC3)CC2)cc1C. The number of hydrogen-bond acceptors (Lipinski definition) is 4. The minimum Gasteiger partial charge on any atom is -0.379 e. The van der Waals surface area contributed by atoms with Crippen LogP contribution in [0.15, 0.2) is 18.2 Å². The molecule has 2 aliphatic rings. The van der Waals surface area contributed by atoms with Crippen molar-refractivity contribution in [1.29, 1.82) is 0 Å². The van der Waals surface area contributed by atoms with Crippen LogP contribution >= 0.6 is 12.2 Å². The smallest absolute Gasteiger partial charge is 0.173 e. The van der Waals surface area contributed by atoms with Crippen molar-refractivity contribution in [2.75, 3.05) is 64.8 Å². The maximum Gasteiger partial charge on any atom is 0.173 e. The first-order valence-corrected chi connectivity index (χ1v) is 10.6. The summed E-state index contributed by atoms with van der Waals surface area (Å²) in [4.78, 5) is 7.36. The van der Waals surface area contributed by atoms with Crippen LogP contribution in [0.1, 0.15) is 24.0 Å². The van der Waals surface area contributed by atoms with E-state index in [9.17, 15) is 0 Å². The first-order chi connectivity index (χ1) is 13.0. The summed E-state index contributed by atoms with van der Waals surface area (Å²) in [5, 5.41) is 4.27. The number of ether oxygens (including phenoxy) is 1. The van der Waals surface area contributed by atoms with Crippen LogP contribution in [-0.4, -0.2) is 85.4 Å². The van der Waals surface area contributed by atoms with E-state index in [0.29, 0.717) is 6.04 Å². The third-order valence-corrected chi connectivity index (χ3v) is 6.37. The second kappa shape index (κ2) is 9.82. The number of hydrogen-bond donors (Lipinski definition) is 1. The molecule has 0 amide bonds. The predicted molar refractivity (Wildman–Crippen MR) is 117 cm³/mol. The molecule has 2 aliphatic heterocycles. The summed E-state index contributed by atoms with van der Waals surface area (Å²) >= 11 is 5.66. The van der Waals surface area contributed by atoms with Crippen LogP contribution in [0.25, 0.3) is 0 Å². The average Bonchev–Trinajstić information content (AvgIpc) is 2.70. The molecule has 2 heterocycles. The molecule has 27 heavy (non-hydrogen) atoms. The fraction of sp³-hybridized carbons (Fsp3) is 0.667.